The van der Waals surface area contributed by atoms with Gasteiger partial charge >= 0.3 is 6.03 Å². The van der Waals surface area contributed by atoms with Gasteiger partial charge in [0.05, 0.1) is 0 Å². The molecule has 0 bridgehead atoms. The molecule has 6 heteroatoms. The largest absolute Gasteiger partial charge is 0.356 e. The molecule has 0 aromatic heterocycles. The summed E-state index contributed by atoms with van der Waals surface area (Å²) in [6.07, 6.45) is 1.99. The summed E-state index contributed by atoms with van der Waals surface area (Å²) in [4.78, 5) is 25.8. The normalized spacial score (nSPS) is 17.9. The first-order valence-corrected chi connectivity index (χ1v) is 8.42. The van der Waals surface area contributed by atoms with Crippen molar-refractivity contribution in [1.82, 2.24) is 10.2 Å². The maximum atomic E-state index is 12.3. The number of rotatable bonds is 4. The van der Waals surface area contributed by atoms with E-state index in [-0.39, 0.29) is 17.9 Å². The quantitative estimate of drug-likeness (QED) is 0.885. The lowest BCUT2D eigenvalue weighted by Crippen LogP contribution is -2.45. The van der Waals surface area contributed by atoms with Crippen LogP contribution in [0.15, 0.2) is 24.3 Å². The van der Waals surface area contributed by atoms with E-state index < -0.39 is 0 Å². The van der Waals surface area contributed by atoms with Gasteiger partial charge < -0.3 is 15.5 Å². The van der Waals surface area contributed by atoms with Crippen LogP contribution in [0, 0.1) is 11.8 Å². The van der Waals surface area contributed by atoms with E-state index in [1.807, 2.05) is 18.7 Å². The average Bonchev–Trinajstić information content (AvgIpc) is 2.54. The standard InChI is InChI=1S/C17H24ClN3O2/c1-12(2)16(22)19-10-13-4-3-9-21(11-13)17(23)20-15-7-5-14(18)6-8-15/h5-8,12-13H,3-4,9-11H2,1-2H3,(H,19,22)(H,20,23)/t13-/m1/s1. The first kappa shape index (κ1) is 17.6. The number of urea groups is 1. The minimum Gasteiger partial charge on any atom is -0.356 e. The Morgan fingerprint density at radius 1 is 1.30 bits per heavy atom. The summed E-state index contributed by atoms with van der Waals surface area (Å²) in [5.41, 5.74) is 0.731. The number of anilines is 1. The summed E-state index contributed by atoms with van der Waals surface area (Å²) >= 11 is 5.84. The molecule has 5 nitrogen and oxygen atoms in total. The third kappa shape index (κ3) is 5.43. The van der Waals surface area contributed by atoms with E-state index in [0.29, 0.717) is 24.0 Å². The van der Waals surface area contributed by atoms with E-state index >= 15 is 0 Å². The Balaban J connectivity index is 1.83. The van der Waals surface area contributed by atoms with Gasteiger partial charge in [-0.2, -0.15) is 0 Å². The molecule has 23 heavy (non-hydrogen) atoms. The minimum atomic E-state index is -0.104. The zero-order valence-electron chi connectivity index (χ0n) is 13.6. The summed E-state index contributed by atoms with van der Waals surface area (Å²) in [5.74, 6) is 0.359. The van der Waals surface area contributed by atoms with Crippen LogP contribution in [0.5, 0.6) is 0 Å². The molecular weight excluding hydrogens is 314 g/mol. The molecule has 1 atom stereocenters. The molecule has 0 radical (unpaired) electrons. The third-order valence-corrected chi connectivity index (χ3v) is 4.24. The van der Waals surface area contributed by atoms with Crippen LogP contribution in [0.2, 0.25) is 5.02 Å². The van der Waals surface area contributed by atoms with Gasteiger partial charge in [0, 0.05) is 36.3 Å². The Morgan fingerprint density at radius 2 is 2.00 bits per heavy atom. The molecule has 1 aliphatic heterocycles. The second-order valence-electron chi connectivity index (χ2n) is 6.29. The number of carbonyl (C=O) groups excluding carboxylic acids is 2. The highest BCUT2D eigenvalue weighted by Crippen LogP contribution is 2.18. The van der Waals surface area contributed by atoms with E-state index in [9.17, 15) is 9.59 Å². The first-order valence-electron chi connectivity index (χ1n) is 8.05. The second-order valence-corrected chi connectivity index (χ2v) is 6.73. The molecular formula is C17H24ClN3O2. The molecule has 1 aliphatic rings. The number of benzene rings is 1. The fraction of sp³-hybridized carbons (Fsp3) is 0.529. The number of hydrogen-bond acceptors (Lipinski definition) is 2. The Bertz CT molecular complexity index is 545. The van der Waals surface area contributed by atoms with Crippen molar-refractivity contribution in [3.05, 3.63) is 29.3 Å². The van der Waals surface area contributed by atoms with Crippen LogP contribution in [0.4, 0.5) is 10.5 Å². The van der Waals surface area contributed by atoms with E-state index in [4.69, 9.17) is 11.6 Å². The molecule has 0 saturated carbocycles. The number of amides is 3. The van der Waals surface area contributed by atoms with Crippen molar-refractivity contribution in [1.29, 1.82) is 0 Å². The zero-order chi connectivity index (χ0) is 16.8. The predicted octanol–water partition coefficient (Wildman–Crippen LogP) is 3.36. The Labute approximate surface area is 142 Å². The summed E-state index contributed by atoms with van der Waals surface area (Å²) < 4.78 is 0. The van der Waals surface area contributed by atoms with Crippen molar-refractivity contribution in [3.8, 4) is 0 Å². The van der Waals surface area contributed by atoms with Gasteiger partial charge in [-0.15, -0.1) is 0 Å². The van der Waals surface area contributed by atoms with Crippen molar-refractivity contribution < 1.29 is 9.59 Å². The number of halogens is 1. The highest BCUT2D eigenvalue weighted by atomic mass is 35.5. The van der Waals surface area contributed by atoms with Crippen molar-refractivity contribution in [2.75, 3.05) is 25.0 Å². The van der Waals surface area contributed by atoms with Gasteiger partial charge in [0.25, 0.3) is 0 Å². The van der Waals surface area contributed by atoms with Crippen LogP contribution >= 0.6 is 11.6 Å². The van der Waals surface area contributed by atoms with Gasteiger partial charge in [0.1, 0.15) is 0 Å². The topological polar surface area (TPSA) is 61.4 Å². The number of nitrogens with zero attached hydrogens (tertiary/aromatic N) is 1. The van der Waals surface area contributed by atoms with E-state index in [1.54, 1.807) is 24.3 Å². The number of piperidine rings is 1. The van der Waals surface area contributed by atoms with Crippen molar-refractivity contribution >= 4 is 29.2 Å². The van der Waals surface area contributed by atoms with E-state index in [2.05, 4.69) is 10.6 Å². The Kier molecular flexibility index (Phi) is 6.28. The lowest BCUT2D eigenvalue weighted by atomic mass is 9.98. The van der Waals surface area contributed by atoms with Crippen LogP contribution in [0.1, 0.15) is 26.7 Å². The van der Waals surface area contributed by atoms with Crippen LogP contribution in [0.3, 0.4) is 0 Å². The lowest BCUT2D eigenvalue weighted by molar-refractivity contribution is -0.124. The lowest BCUT2D eigenvalue weighted by Gasteiger charge is -2.33. The average molecular weight is 338 g/mol. The number of likely N-dealkylation sites (tertiary alicyclic amines) is 1. The molecule has 1 heterocycles. The summed E-state index contributed by atoms with van der Waals surface area (Å²) in [7, 11) is 0. The fourth-order valence-electron chi connectivity index (χ4n) is 2.60. The molecule has 1 saturated heterocycles. The molecule has 1 aromatic rings. The SMILES string of the molecule is CC(C)C(=O)NC[C@H]1CCCN(C(=O)Nc2ccc(Cl)cc2)C1. The number of carbonyl (C=O) groups is 2. The van der Waals surface area contributed by atoms with Gasteiger partial charge in [0.2, 0.25) is 5.91 Å². The molecule has 2 rings (SSSR count). The second kappa shape index (κ2) is 8.20. The highest BCUT2D eigenvalue weighted by molar-refractivity contribution is 6.30. The van der Waals surface area contributed by atoms with Gasteiger partial charge in [-0.05, 0) is 43.0 Å². The maximum Gasteiger partial charge on any atom is 0.321 e. The van der Waals surface area contributed by atoms with Crippen molar-refractivity contribution in [2.45, 2.75) is 26.7 Å². The smallest absolute Gasteiger partial charge is 0.321 e. The van der Waals surface area contributed by atoms with E-state index in [0.717, 1.165) is 25.1 Å². The molecule has 0 unspecified atom stereocenters. The van der Waals surface area contributed by atoms with Gasteiger partial charge in [-0.25, -0.2) is 4.79 Å². The van der Waals surface area contributed by atoms with Crippen molar-refractivity contribution in [2.24, 2.45) is 11.8 Å². The van der Waals surface area contributed by atoms with Gasteiger partial charge in [-0.3, -0.25) is 4.79 Å². The van der Waals surface area contributed by atoms with Gasteiger partial charge in [-0.1, -0.05) is 25.4 Å². The maximum absolute atomic E-state index is 12.3. The Hall–Kier alpha value is -1.75. The summed E-state index contributed by atoms with van der Waals surface area (Å²) in [5, 5.41) is 6.48. The highest BCUT2D eigenvalue weighted by Gasteiger charge is 2.24. The van der Waals surface area contributed by atoms with E-state index in [1.165, 1.54) is 0 Å². The van der Waals surface area contributed by atoms with Crippen LogP contribution in [-0.4, -0.2) is 36.5 Å². The number of nitrogens with one attached hydrogen (secondary N) is 2. The van der Waals surface area contributed by atoms with Crippen LogP contribution < -0.4 is 10.6 Å². The summed E-state index contributed by atoms with van der Waals surface area (Å²) in [6.45, 7) is 5.79. The zero-order valence-corrected chi connectivity index (χ0v) is 14.4. The molecule has 3 amide bonds. The molecule has 126 valence electrons. The van der Waals surface area contributed by atoms with Gasteiger partial charge in [0.15, 0.2) is 0 Å². The molecule has 1 fully saturated rings. The summed E-state index contributed by atoms with van der Waals surface area (Å²) in [6, 6.07) is 6.96. The molecule has 0 aliphatic carbocycles. The predicted molar refractivity (Wildman–Crippen MR) is 92.6 cm³/mol. The third-order valence-electron chi connectivity index (χ3n) is 3.99. The fourth-order valence-corrected chi connectivity index (χ4v) is 2.73. The van der Waals surface area contributed by atoms with Crippen LogP contribution in [0.25, 0.3) is 0 Å². The van der Waals surface area contributed by atoms with Crippen molar-refractivity contribution in [3.63, 3.8) is 0 Å². The first-order chi connectivity index (χ1) is 11.0. The Morgan fingerprint density at radius 3 is 2.65 bits per heavy atom. The monoisotopic (exact) mass is 337 g/mol. The molecule has 1 aromatic carbocycles. The molecule has 0 spiro atoms. The number of hydrogen-bond donors (Lipinski definition) is 2. The minimum absolute atomic E-state index is 0.0112. The van der Waals surface area contributed by atoms with Crippen LogP contribution in [-0.2, 0) is 4.79 Å². The molecule has 2 N–H and O–H groups in total.